The number of halogens is 2. The predicted octanol–water partition coefficient (Wildman–Crippen LogP) is 4.12. The molecule has 4 heteroatoms. The lowest BCUT2D eigenvalue weighted by atomic mass is 10.0. The highest BCUT2D eigenvalue weighted by Gasteiger charge is 2.17. The second-order valence-corrected chi connectivity index (χ2v) is 6.49. The summed E-state index contributed by atoms with van der Waals surface area (Å²) < 4.78 is 0. The summed E-state index contributed by atoms with van der Waals surface area (Å²) >= 11 is 11.7. The molecule has 2 nitrogen and oxygen atoms in total. The van der Waals surface area contributed by atoms with E-state index in [2.05, 4.69) is 28.9 Å². The summed E-state index contributed by atoms with van der Waals surface area (Å²) in [6.07, 6.45) is 2.39. The third kappa shape index (κ3) is 4.83. The molecular weight excluding hydrogens is 291 g/mol. The van der Waals surface area contributed by atoms with Crippen LogP contribution in [0.2, 0.25) is 5.02 Å². The Morgan fingerprint density at radius 1 is 1.05 bits per heavy atom. The summed E-state index contributed by atoms with van der Waals surface area (Å²) in [7, 11) is 0. The van der Waals surface area contributed by atoms with Crippen molar-refractivity contribution in [2.24, 2.45) is 5.92 Å². The zero-order valence-corrected chi connectivity index (χ0v) is 13.7. The maximum absolute atomic E-state index is 5.93. The fraction of sp³-hybridized carbons (Fsp3) is 0.625. The minimum Gasteiger partial charge on any atom is -0.369 e. The van der Waals surface area contributed by atoms with E-state index in [1.165, 1.54) is 18.7 Å². The molecule has 0 aromatic heterocycles. The summed E-state index contributed by atoms with van der Waals surface area (Å²) in [4.78, 5) is 5.01. The Morgan fingerprint density at radius 2 is 1.70 bits per heavy atom. The first-order chi connectivity index (χ1) is 9.69. The van der Waals surface area contributed by atoms with Crippen LogP contribution in [0.25, 0.3) is 0 Å². The van der Waals surface area contributed by atoms with Gasteiger partial charge in [0.25, 0.3) is 0 Å². The Hall–Kier alpha value is -0.440. The van der Waals surface area contributed by atoms with Gasteiger partial charge >= 0.3 is 0 Å². The van der Waals surface area contributed by atoms with Crippen LogP contribution < -0.4 is 4.90 Å². The molecule has 1 saturated heterocycles. The summed E-state index contributed by atoms with van der Waals surface area (Å²) in [6, 6.07) is 8.16. The van der Waals surface area contributed by atoms with E-state index in [9.17, 15) is 0 Å². The van der Waals surface area contributed by atoms with E-state index in [-0.39, 0.29) is 0 Å². The van der Waals surface area contributed by atoms with Gasteiger partial charge < -0.3 is 4.90 Å². The molecule has 0 bridgehead atoms. The van der Waals surface area contributed by atoms with E-state index in [0.29, 0.717) is 0 Å². The molecule has 0 aliphatic carbocycles. The van der Waals surface area contributed by atoms with Gasteiger partial charge in [0.05, 0.1) is 0 Å². The van der Waals surface area contributed by atoms with Crippen molar-refractivity contribution >= 4 is 28.9 Å². The van der Waals surface area contributed by atoms with Gasteiger partial charge in [-0.3, -0.25) is 4.90 Å². The van der Waals surface area contributed by atoms with Crippen molar-refractivity contribution in [3.05, 3.63) is 29.3 Å². The van der Waals surface area contributed by atoms with Gasteiger partial charge in [-0.05, 0) is 49.6 Å². The molecule has 0 spiro atoms. The predicted molar refractivity (Wildman–Crippen MR) is 89.2 cm³/mol. The van der Waals surface area contributed by atoms with Crippen LogP contribution in [0.4, 0.5) is 5.69 Å². The van der Waals surface area contributed by atoms with Crippen molar-refractivity contribution in [2.75, 3.05) is 43.5 Å². The number of hydrogen-bond donors (Lipinski definition) is 0. The maximum Gasteiger partial charge on any atom is 0.0407 e. The van der Waals surface area contributed by atoms with Gasteiger partial charge in [0.2, 0.25) is 0 Å². The third-order valence-corrected chi connectivity index (χ3v) is 4.57. The van der Waals surface area contributed by atoms with Crippen LogP contribution in [-0.4, -0.2) is 43.5 Å². The van der Waals surface area contributed by atoms with E-state index in [1.807, 2.05) is 12.1 Å². The molecule has 112 valence electrons. The summed E-state index contributed by atoms with van der Waals surface area (Å²) in [5.74, 6) is 1.52. The molecular formula is C16H24Cl2N2. The topological polar surface area (TPSA) is 6.48 Å². The van der Waals surface area contributed by atoms with Crippen LogP contribution in [0, 0.1) is 5.92 Å². The van der Waals surface area contributed by atoms with Crippen LogP contribution in [0.5, 0.6) is 0 Å². The van der Waals surface area contributed by atoms with E-state index in [4.69, 9.17) is 23.2 Å². The Kier molecular flexibility index (Phi) is 6.47. The molecule has 1 aromatic rings. The minimum atomic E-state index is 0.738. The molecule has 0 saturated carbocycles. The molecule has 1 fully saturated rings. The average molecular weight is 315 g/mol. The van der Waals surface area contributed by atoms with Gasteiger partial charge in [-0.25, -0.2) is 0 Å². The molecule has 1 unspecified atom stereocenters. The van der Waals surface area contributed by atoms with Crippen LogP contribution >= 0.6 is 23.2 Å². The lowest BCUT2D eigenvalue weighted by Gasteiger charge is -2.36. The Bertz CT molecular complexity index is 386. The second kappa shape index (κ2) is 8.11. The number of hydrogen-bond acceptors (Lipinski definition) is 2. The first kappa shape index (κ1) is 15.9. The van der Waals surface area contributed by atoms with Crippen LogP contribution in [0.15, 0.2) is 24.3 Å². The number of rotatable bonds is 6. The zero-order chi connectivity index (χ0) is 14.4. The third-order valence-electron chi connectivity index (χ3n) is 4.10. The molecule has 2 rings (SSSR count). The number of benzene rings is 1. The van der Waals surface area contributed by atoms with E-state index >= 15 is 0 Å². The monoisotopic (exact) mass is 314 g/mol. The van der Waals surface area contributed by atoms with Crippen molar-refractivity contribution in [3.63, 3.8) is 0 Å². The Labute approximate surface area is 132 Å². The van der Waals surface area contributed by atoms with Crippen molar-refractivity contribution in [3.8, 4) is 0 Å². The molecule has 1 aliphatic heterocycles. The van der Waals surface area contributed by atoms with Crippen molar-refractivity contribution < 1.29 is 0 Å². The second-order valence-electron chi connectivity index (χ2n) is 5.68. The molecule has 1 heterocycles. The first-order valence-electron chi connectivity index (χ1n) is 7.48. The van der Waals surface area contributed by atoms with Gasteiger partial charge in [0, 0.05) is 42.8 Å². The SMILES string of the molecule is CC(CCCl)CCN1CCN(c2ccc(Cl)cc2)CC1. The van der Waals surface area contributed by atoms with Gasteiger partial charge in [0.1, 0.15) is 0 Å². The molecule has 1 aliphatic rings. The van der Waals surface area contributed by atoms with Gasteiger partial charge in [-0.2, -0.15) is 0 Å². The number of piperazine rings is 1. The highest BCUT2D eigenvalue weighted by molar-refractivity contribution is 6.30. The Balaban J connectivity index is 1.73. The van der Waals surface area contributed by atoms with Gasteiger partial charge in [0.15, 0.2) is 0 Å². The zero-order valence-electron chi connectivity index (χ0n) is 12.2. The summed E-state index contributed by atoms with van der Waals surface area (Å²) in [5.41, 5.74) is 1.28. The fourth-order valence-electron chi connectivity index (χ4n) is 2.62. The molecule has 0 radical (unpaired) electrons. The quantitative estimate of drug-likeness (QED) is 0.729. The fourth-order valence-corrected chi connectivity index (χ4v) is 3.11. The lowest BCUT2D eigenvalue weighted by molar-refractivity contribution is 0.240. The number of alkyl halides is 1. The smallest absolute Gasteiger partial charge is 0.0407 e. The van der Waals surface area contributed by atoms with Gasteiger partial charge in [-0.15, -0.1) is 11.6 Å². The molecule has 20 heavy (non-hydrogen) atoms. The van der Waals surface area contributed by atoms with Crippen molar-refractivity contribution in [1.82, 2.24) is 4.90 Å². The highest BCUT2D eigenvalue weighted by atomic mass is 35.5. The maximum atomic E-state index is 5.93. The van der Waals surface area contributed by atoms with E-state index in [0.717, 1.165) is 49.4 Å². The minimum absolute atomic E-state index is 0.738. The first-order valence-corrected chi connectivity index (χ1v) is 8.39. The van der Waals surface area contributed by atoms with Crippen molar-refractivity contribution in [2.45, 2.75) is 19.8 Å². The highest BCUT2D eigenvalue weighted by Crippen LogP contribution is 2.20. The van der Waals surface area contributed by atoms with Crippen LogP contribution in [0.1, 0.15) is 19.8 Å². The average Bonchev–Trinajstić information content (AvgIpc) is 2.47. The summed E-state index contributed by atoms with van der Waals surface area (Å²) in [6.45, 7) is 8.00. The van der Waals surface area contributed by atoms with Gasteiger partial charge in [-0.1, -0.05) is 18.5 Å². The van der Waals surface area contributed by atoms with E-state index < -0.39 is 0 Å². The standard InChI is InChI=1S/C16H24Cl2N2/c1-14(6-8-17)7-9-19-10-12-20(13-11-19)16-4-2-15(18)3-5-16/h2-5,14H,6-13H2,1H3. The van der Waals surface area contributed by atoms with E-state index in [1.54, 1.807) is 0 Å². The molecule has 0 amide bonds. The normalized spacial score (nSPS) is 18.2. The van der Waals surface area contributed by atoms with Crippen LogP contribution in [-0.2, 0) is 0 Å². The Morgan fingerprint density at radius 3 is 2.30 bits per heavy atom. The largest absolute Gasteiger partial charge is 0.369 e. The van der Waals surface area contributed by atoms with Crippen LogP contribution in [0.3, 0.4) is 0 Å². The lowest BCUT2D eigenvalue weighted by Crippen LogP contribution is -2.46. The summed E-state index contributed by atoms with van der Waals surface area (Å²) in [5, 5.41) is 0.806. The molecule has 0 N–H and O–H groups in total. The molecule has 1 atom stereocenters. The number of anilines is 1. The number of nitrogens with zero attached hydrogens (tertiary/aromatic N) is 2. The molecule has 1 aromatic carbocycles. The van der Waals surface area contributed by atoms with Crippen molar-refractivity contribution in [1.29, 1.82) is 0 Å².